The van der Waals surface area contributed by atoms with Crippen LogP contribution in [0.3, 0.4) is 0 Å². The zero-order valence-electron chi connectivity index (χ0n) is 17.7. The number of methoxy groups -OCH3 is 4. The Hall–Kier alpha value is -3.68. The Morgan fingerprint density at radius 1 is 0.667 bits per heavy atom. The van der Waals surface area contributed by atoms with Crippen molar-refractivity contribution >= 4 is 24.1 Å². The number of benzene rings is 2. The molecule has 0 saturated heterocycles. The number of ether oxygens (including phenoxy) is 6. The van der Waals surface area contributed by atoms with Crippen LogP contribution in [0.4, 0.5) is 0 Å². The fourth-order valence-corrected chi connectivity index (χ4v) is 2.72. The second-order valence-corrected chi connectivity index (χ2v) is 5.99. The van der Waals surface area contributed by atoms with E-state index in [0.29, 0.717) is 22.8 Å². The monoisotopic (exact) mass is 416 g/mol. The molecule has 0 aliphatic heterocycles. The van der Waals surface area contributed by atoms with Gasteiger partial charge in [-0.25, -0.2) is 0 Å². The Morgan fingerprint density at radius 2 is 1.20 bits per heavy atom. The molecule has 0 heterocycles. The van der Waals surface area contributed by atoms with Crippen molar-refractivity contribution < 1.29 is 38.0 Å². The number of hydrogen-bond acceptors (Lipinski definition) is 8. The van der Waals surface area contributed by atoms with Crippen molar-refractivity contribution in [2.75, 3.05) is 28.4 Å². The Balaban J connectivity index is 2.57. The van der Waals surface area contributed by atoms with Crippen molar-refractivity contribution in [3.63, 3.8) is 0 Å². The fraction of sp³-hybridized carbons (Fsp3) is 0.273. The van der Waals surface area contributed by atoms with Crippen molar-refractivity contribution in [3.8, 4) is 34.5 Å². The molecule has 2 aromatic rings. The summed E-state index contributed by atoms with van der Waals surface area (Å²) >= 11 is 0. The van der Waals surface area contributed by atoms with E-state index in [0.717, 1.165) is 5.56 Å². The van der Waals surface area contributed by atoms with Crippen molar-refractivity contribution in [2.45, 2.75) is 13.8 Å². The number of hydrogen-bond donors (Lipinski definition) is 0. The summed E-state index contributed by atoms with van der Waals surface area (Å²) in [4.78, 5) is 23.2. The normalized spacial score (nSPS) is 10.5. The van der Waals surface area contributed by atoms with Gasteiger partial charge in [-0.05, 0) is 29.8 Å². The highest BCUT2D eigenvalue weighted by molar-refractivity contribution is 5.82. The molecule has 0 saturated carbocycles. The van der Waals surface area contributed by atoms with Gasteiger partial charge in [0.2, 0.25) is 11.5 Å². The first-order valence-electron chi connectivity index (χ1n) is 8.90. The van der Waals surface area contributed by atoms with Crippen LogP contribution < -0.4 is 28.4 Å². The third kappa shape index (κ3) is 5.22. The summed E-state index contributed by atoms with van der Waals surface area (Å²) in [6.07, 6.45) is 3.46. The van der Waals surface area contributed by atoms with Gasteiger partial charge in [0, 0.05) is 19.4 Å². The van der Waals surface area contributed by atoms with E-state index >= 15 is 0 Å². The lowest BCUT2D eigenvalue weighted by molar-refractivity contribution is -0.134. The lowest BCUT2D eigenvalue weighted by atomic mass is 10.1. The maximum absolute atomic E-state index is 11.6. The van der Waals surface area contributed by atoms with Gasteiger partial charge in [0.05, 0.1) is 28.4 Å². The Morgan fingerprint density at radius 3 is 1.67 bits per heavy atom. The van der Waals surface area contributed by atoms with E-state index in [2.05, 4.69) is 0 Å². The van der Waals surface area contributed by atoms with Crippen LogP contribution in [0.15, 0.2) is 24.3 Å². The SMILES string of the molecule is COc1cc(/C=C\c2ccc(OC)c(OC(C)=O)c2OC(C)=O)cc(OC)c1OC. The highest BCUT2D eigenvalue weighted by atomic mass is 16.6. The van der Waals surface area contributed by atoms with Crippen LogP contribution in [-0.2, 0) is 9.59 Å². The molecule has 2 rings (SSSR count). The minimum atomic E-state index is -0.576. The maximum atomic E-state index is 11.6. The Bertz CT molecular complexity index is 937. The van der Waals surface area contributed by atoms with Crippen LogP contribution in [-0.4, -0.2) is 40.4 Å². The molecule has 0 fully saturated rings. The average molecular weight is 416 g/mol. The summed E-state index contributed by atoms with van der Waals surface area (Å²) < 4.78 is 31.8. The molecule has 0 amide bonds. The summed E-state index contributed by atoms with van der Waals surface area (Å²) in [5.41, 5.74) is 1.24. The molecular weight excluding hydrogens is 392 g/mol. The van der Waals surface area contributed by atoms with Crippen molar-refractivity contribution in [2.24, 2.45) is 0 Å². The van der Waals surface area contributed by atoms with E-state index in [1.165, 1.54) is 42.3 Å². The summed E-state index contributed by atoms with van der Waals surface area (Å²) in [5.74, 6) is 0.657. The standard InChI is InChI=1S/C22H24O8/c1-13(23)29-20-16(9-10-17(25-3)22(20)30-14(2)24)8-7-15-11-18(26-4)21(28-6)19(12-15)27-5/h7-12H,1-6H3/b8-7-. The van der Waals surface area contributed by atoms with Gasteiger partial charge in [0.1, 0.15) is 0 Å². The van der Waals surface area contributed by atoms with Crippen molar-refractivity contribution in [3.05, 3.63) is 35.4 Å². The molecule has 2 aromatic carbocycles. The molecule has 0 N–H and O–H groups in total. The minimum absolute atomic E-state index is 0.0206. The van der Waals surface area contributed by atoms with Gasteiger partial charge in [-0.2, -0.15) is 0 Å². The first-order valence-corrected chi connectivity index (χ1v) is 8.90. The van der Waals surface area contributed by atoms with E-state index in [1.54, 1.807) is 36.4 Å². The minimum Gasteiger partial charge on any atom is -0.493 e. The lowest BCUT2D eigenvalue weighted by Crippen LogP contribution is -2.09. The molecule has 0 aliphatic carbocycles. The van der Waals surface area contributed by atoms with E-state index < -0.39 is 11.9 Å². The van der Waals surface area contributed by atoms with E-state index in [9.17, 15) is 9.59 Å². The number of esters is 2. The number of carbonyl (C=O) groups excluding carboxylic acids is 2. The summed E-state index contributed by atoms with van der Waals surface area (Å²) in [6, 6.07) is 6.82. The molecule has 0 spiro atoms. The van der Waals surface area contributed by atoms with E-state index in [-0.39, 0.29) is 17.2 Å². The van der Waals surface area contributed by atoms with Crippen molar-refractivity contribution in [1.29, 1.82) is 0 Å². The fourth-order valence-electron chi connectivity index (χ4n) is 2.72. The van der Waals surface area contributed by atoms with Gasteiger partial charge in [0.25, 0.3) is 0 Å². The molecule has 0 bridgehead atoms. The van der Waals surface area contributed by atoms with Crippen LogP contribution in [0.1, 0.15) is 25.0 Å². The molecule has 0 aromatic heterocycles. The molecule has 0 radical (unpaired) electrons. The van der Waals surface area contributed by atoms with E-state index in [4.69, 9.17) is 28.4 Å². The zero-order valence-corrected chi connectivity index (χ0v) is 17.7. The predicted octanol–water partition coefficient (Wildman–Crippen LogP) is 3.74. The molecule has 0 aliphatic rings. The molecular formula is C22H24O8. The molecule has 160 valence electrons. The summed E-state index contributed by atoms with van der Waals surface area (Å²) in [7, 11) is 6.00. The van der Waals surface area contributed by atoms with Crippen molar-refractivity contribution in [1.82, 2.24) is 0 Å². The molecule has 8 heteroatoms. The van der Waals surface area contributed by atoms with Gasteiger partial charge in [-0.1, -0.05) is 12.2 Å². The third-order valence-electron chi connectivity index (χ3n) is 3.96. The molecule has 8 nitrogen and oxygen atoms in total. The van der Waals surface area contributed by atoms with Crippen LogP contribution in [0.5, 0.6) is 34.5 Å². The topological polar surface area (TPSA) is 89.5 Å². The second kappa shape index (κ2) is 10.2. The second-order valence-electron chi connectivity index (χ2n) is 5.99. The molecule has 0 unspecified atom stereocenters. The Labute approximate surface area is 174 Å². The maximum Gasteiger partial charge on any atom is 0.308 e. The highest BCUT2D eigenvalue weighted by Gasteiger charge is 2.20. The number of rotatable bonds is 8. The number of carbonyl (C=O) groups is 2. The van der Waals surface area contributed by atoms with Gasteiger partial charge in [-0.3, -0.25) is 9.59 Å². The van der Waals surface area contributed by atoms with Crippen LogP contribution in [0.2, 0.25) is 0 Å². The smallest absolute Gasteiger partial charge is 0.308 e. The average Bonchev–Trinajstić information content (AvgIpc) is 2.72. The van der Waals surface area contributed by atoms with Gasteiger partial charge in [0.15, 0.2) is 23.0 Å². The first-order chi connectivity index (χ1) is 14.3. The summed E-state index contributed by atoms with van der Waals surface area (Å²) in [6.45, 7) is 2.50. The van der Waals surface area contributed by atoms with Gasteiger partial charge >= 0.3 is 11.9 Å². The first kappa shape index (κ1) is 22.6. The quantitative estimate of drug-likeness (QED) is 0.365. The van der Waals surface area contributed by atoms with Gasteiger partial charge < -0.3 is 28.4 Å². The summed E-state index contributed by atoms with van der Waals surface area (Å²) in [5, 5.41) is 0. The third-order valence-corrected chi connectivity index (χ3v) is 3.96. The zero-order chi connectivity index (χ0) is 22.3. The Kier molecular flexibility index (Phi) is 7.69. The molecule has 30 heavy (non-hydrogen) atoms. The highest BCUT2D eigenvalue weighted by Crippen LogP contribution is 2.42. The largest absolute Gasteiger partial charge is 0.493 e. The predicted molar refractivity (Wildman–Crippen MR) is 111 cm³/mol. The van der Waals surface area contributed by atoms with Crippen LogP contribution in [0, 0.1) is 0 Å². The lowest BCUT2D eigenvalue weighted by Gasteiger charge is -2.15. The van der Waals surface area contributed by atoms with Crippen LogP contribution >= 0.6 is 0 Å². The van der Waals surface area contributed by atoms with Crippen LogP contribution in [0.25, 0.3) is 12.2 Å². The van der Waals surface area contributed by atoms with E-state index in [1.807, 2.05) is 0 Å². The van der Waals surface area contributed by atoms with Gasteiger partial charge in [-0.15, -0.1) is 0 Å². The molecule has 0 atom stereocenters.